The Bertz CT molecular complexity index is 349. The summed E-state index contributed by atoms with van der Waals surface area (Å²) in [5.41, 5.74) is 1.66. The highest BCUT2D eigenvalue weighted by atomic mass is 79.9. The third kappa shape index (κ3) is 2.58. The lowest BCUT2D eigenvalue weighted by Crippen LogP contribution is -2.12. The number of aryl methyl sites for hydroxylation is 1. The maximum atomic E-state index is 11.7. The Hall–Kier alpha value is -0.340. The number of hydrogen-bond donors (Lipinski definition) is 0. The Morgan fingerprint density at radius 2 is 2.21 bits per heavy atom. The molecule has 1 rings (SSSR count). The van der Waals surface area contributed by atoms with Crippen LogP contribution in [0.2, 0.25) is 5.02 Å². The number of hydrogen-bond acceptors (Lipinski definition) is 1. The summed E-state index contributed by atoms with van der Waals surface area (Å²) in [6.45, 7) is 3.87. The average Bonchev–Trinajstić information content (AvgIpc) is 2.20. The molecule has 1 nitrogen and oxygen atoms in total. The van der Waals surface area contributed by atoms with Crippen molar-refractivity contribution >= 4 is 33.3 Å². The number of carbonyl (C=O) groups excluding carboxylic acids is 1. The molecule has 0 amide bonds. The Morgan fingerprint density at radius 1 is 1.57 bits per heavy atom. The highest BCUT2D eigenvalue weighted by Crippen LogP contribution is 2.19. The van der Waals surface area contributed by atoms with Gasteiger partial charge in [-0.15, -0.1) is 0 Å². The van der Waals surface area contributed by atoms with Crippen molar-refractivity contribution in [3.05, 3.63) is 34.3 Å². The van der Waals surface area contributed by atoms with Gasteiger partial charge in [0.25, 0.3) is 0 Å². The van der Waals surface area contributed by atoms with Gasteiger partial charge < -0.3 is 0 Å². The zero-order chi connectivity index (χ0) is 10.7. The van der Waals surface area contributed by atoms with E-state index in [1.807, 2.05) is 19.9 Å². The number of carbonyl (C=O) groups is 1. The van der Waals surface area contributed by atoms with Gasteiger partial charge in [-0.2, -0.15) is 0 Å². The largest absolute Gasteiger partial charge is 0.293 e. The molecule has 0 N–H and O–H groups in total. The lowest BCUT2D eigenvalue weighted by atomic mass is 10.0. The summed E-state index contributed by atoms with van der Waals surface area (Å²) < 4.78 is 0. The van der Waals surface area contributed by atoms with E-state index in [9.17, 15) is 4.79 Å². The van der Waals surface area contributed by atoms with Crippen molar-refractivity contribution in [1.82, 2.24) is 0 Å². The van der Waals surface area contributed by atoms with Crippen LogP contribution >= 0.6 is 27.5 Å². The van der Waals surface area contributed by atoms with E-state index in [4.69, 9.17) is 11.6 Å². The molecule has 0 aliphatic heterocycles. The monoisotopic (exact) mass is 274 g/mol. The molecule has 1 aromatic rings. The normalized spacial score (nSPS) is 12.6. The first-order valence-electron chi connectivity index (χ1n) is 4.50. The minimum absolute atomic E-state index is 0.0944. The van der Waals surface area contributed by atoms with E-state index in [1.54, 1.807) is 12.1 Å². The van der Waals surface area contributed by atoms with Gasteiger partial charge in [0.2, 0.25) is 0 Å². The second-order valence-electron chi connectivity index (χ2n) is 3.20. The number of ketones is 1. The van der Waals surface area contributed by atoms with Gasteiger partial charge in [-0.05, 0) is 37.1 Å². The summed E-state index contributed by atoms with van der Waals surface area (Å²) in [5, 5.41) is 0.698. The van der Waals surface area contributed by atoms with Crippen molar-refractivity contribution in [2.75, 3.05) is 0 Å². The van der Waals surface area contributed by atoms with E-state index in [1.165, 1.54) is 0 Å². The van der Waals surface area contributed by atoms with Crippen molar-refractivity contribution in [1.29, 1.82) is 0 Å². The molecule has 0 aromatic heterocycles. The molecule has 0 saturated carbocycles. The molecule has 0 bridgehead atoms. The third-order valence-corrected chi connectivity index (χ3v) is 3.57. The number of alkyl halides is 1. The number of benzene rings is 1. The topological polar surface area (TPSA) is 17.1 Å². The van der Waals surface area contributed by atoms with Crippen molar-refractivity contribution in [3.8, 4) is 0 Å². The summed E-state index contributed by atoms with van der Waals surface area (Å²) in [7, 11) is 0. The molecule has 0 aliphatic rings. The van der Waals surface area contributed by atoms with Crippen LogP contribution in [0.4, 0.5) is 0 Å². The molecule has 0 heterocycles. The second kappa shape index (κ2) is 4.94. The van der Waals surface area contributed by atoms with Crippen molar-refractivity contribution < 1.29 is 4.79 Å². The Labute approximate surface area is 97.6 Å². The minimum atomic E-state index is -0.0944. The second-order valence-corrected chi connectivity index (χ2v) is 4.72. The summed E-state index contributed by atoms with van der Waals surface area (Å²) in [6.07, 6.45) is 0.792. The summed E-state index contributed by atoms with van der Waals surface area (Å²) in [4.78, 5) is 11.7. The summed E-state index contributed by atoms with van der Waals surface area (Å²) in [6, 6.07) is 5.36. The quantitative estimate of drug-likeness (QED) is 0.602. The summed E-state index contributed by atoms with van der Waals surface area (Å²) >= 11 is 9.22. The Kier molecular flexibility index (Phi) is 4.14. The maximum Gasteiger partial charge on any atom is 0.176 e. The molecular formula is C11H12BrClO. The Morgan fingerprint density at radius 3 is 2.71 bits per heavy atom. The molecule has 1 aromatic carbocycles. The maximum absolute atomic E-state index is 11.7. The van der Waals surface area contributed by atoms with Gasteiger partial charge in [0.05, 0.1) is 4.83 Å². The third-order valence-electron chi connectivity index (χ3n) is 2.09. The molecular weight excluding hydrogens is 263 g/mol. The predicted molar refractivity (Wildman–Crippen MR) is 63.5 cm³/mol. The fourth-order valence-electron chi connectivity index (χ4n) is 1.16. The predicted octanol–water partition coefficient (Wildman–Crippen LogP) is 4.00. The van der Waals surface area contributed by atoms with Crippen LogP contribution in [0.25, 0.3) is 0 Å². The van der Waals surface area contributed by atoms with Crippen molar-refractivity contribution in [2.24, 2.45) is 0 Å². The van der Waals surface area contributed by atoms with Crippen LogP contribution in [-0.4, -0.2) is 10.6 Å². The number of rotatable bonds is 3. The smallest absolute Gasteiger partial charge is 0.176 e. The van der Waals surface area contributed by atoms with E-state index >= 15 is 0 Å². The van der Waals surface area contributed by atoms with Crippen molar-refractivity contribution in [3.63, 3.8) is 0 Å². The van der Waals surface area contributed by atoms with Crippen LogP contribution in [0.3, 0.4) is 0 Å². The van der Waals surface area contributed by atoms with E-state index in [0.29, 0.717) is 5.02 Å². The highest BCUT2D eigenvalue weighted by Gasteiger charge is 2.15. The fourth-order valence-corrected chi connectivity index (χ4v) is 1.55. The lowest BCUT2D eigenvalue weighted by Gasteiger charge is -2.07. The summed E-state index contributed by atoms with van der Waals surface area (Å²) in [5.74, 6) is 0.118. The van der Waals surface area contributed by atoms with Crippen LogP contribution in [0, 0.1) is 6.92 Å². The van der Waals surface area contributed by atoms with Crippen molar-refractivity contribution in [2.45, 2.75) is 25.1 Å². The van der Waals surface area contributed by atoms with Gasteiger partial charge in [0, 0.05) is 10.6 Å². The van der Waals surface area contributed by atoms with Crippen LogP contribution in [0.15, 0.2) is 18.2 Å². The average molecular weight is 276 g/mol. The molecule has 14 heavy (non-hydrogen) atoms. The number of halogens is 2. The van der Waals surface area contributed by atoms with Crippen LogP contribution < -0.4 is 0 Å². The molecule has 0 fully saturated rings. The molecule has 3 heteroatoms. The first-order valence-corrected chi connectivity index (χ1v) is 5.80. The zero-order valence-corrected chi connectivity index (χ0v) is 10.5. The zero-order valence-electron chi connectivity index (χ0n) is 8.18. The van der Waals surface area contributed by atoms with Crippen LogP contribution in [0.1, 0.15) is 29.3 Å². The van der Waals surface area contributed by atoms with Gasteiger partial charge in [-0.3, -0.25) is 4.79 Å². The van der Waals surface area contributed by atoms with E-state index in [2.05, 4.69) is 15.9 Å². The van der Waals surface area contributed by atoms with E-state index < -0.39 is 0 Å². The SMILES string of the molecule is CCC(Br)C(=O)c1ccc(Cl)c(C)c1. The van der Waals surface area contributed by atoms with E-state index in [-0.39, 0.29) is 10.6 Å². The van der Waals surface area contributed by atoms with Gasteiger partial charge in [-0.1, -0.05) is 34.5 Å². The first kappa shape index (κ1) is 11.7. The van der Waals surface area contributed by atoms with Gasteiger partial charge in [0.15, 0.2) is 5.78 Å². The van der Waals surface area contributed by atoms with Gasteiger partial charge in [-0.25, -0.2) is 0 Å². The van der Waals surface area contributed by atoms with E-state index in [0.717, 1.165) is 17.5 Å². The standard InChI is InChI=1S/C11H12BrClO/c1-3-9(12)11(14)8-4-5-10(13)7(2)6-8/h4-6,9H,3H2,1-2H3. The lowest BCUT2D eigenvalue weighted by molar-refractivity contribution is 0.0990. The van der Waals surface area contributed by atoms with Crippen LogP contribution in [-0.2, 0) is 0 Å². The molecule has 0 radical (unpaired) electrons. The first-order chi connectivity index (χ1) is 6.56. The molecule has 1 atom stereocenters. The minimum Gasteiger partial charge on any atom is -0.293 e. The fraction of sp³-hybridized carbons (Fsp3) is 0.364. The molecule has 0 saturated heterocycles. The van der Waals surface area contributed by atoms with Crippen LogP contribution in [0.5, 0.6) is 0 Å². The van der Waals surface area contributed by atoms with Gasteiger partial charge >= 0.3 is 0 Å². The molecule has 0 aliphatic carbocycles. The molecule has 0 spiro atoms. The molecule has 1 unspecified atom stereocenters. The highest BCUT2D eigenvalue weighted by molar-refractivity contribution is 9.10. The Balaban J connectivity index is 2.97. The number of Topliss-reactive ketones (excluding diaryl/α,β-unsaturated/α-hetero) is 1. The molecule has 76 valence electrons. The van der Waals surface area contributed by atoms with Gasteiger partial charge in [0.1, 0.15) is 0 Å².